The van der Waals surface area contributed by atoms with Crippen LogP contribution in [0.3, 0.4) is 0 Å². The first-order valence-corrected chi connectivity index (χ1v) is 8.15. The van der Waals surface area contributed by atoms with Crippen LogP contribution in [0.1, 0.15) is 18.9 Å². The molecule has 1 heterocycles. The average molecular weight is 315 g/mol. The van der Waals surface area contributed by atoms with E-state index in [1.165, 1.54) is 11.8 Å². The minimum Gasteiger partial charge on any atom is -0.308 e. The molecule has 1 fully saturated rings. The first kappa shape index (κ1) is 14.8. The maximum Gasteiger partial charge on any atom is 0.237 e. The van der Waals surface area contributed by atoms with Crippen LogP contribution in [-0.2, 0) is 4.79 Å². The van der Waals surface area contributed by atoms with E-state index < -0.39 is 0 Å². The predicted octanol–water partition coefficient (Wildman–Crippen LogP) is 2.32. The quantitative estimate of drug-likeness (QED) is 0.579. The fourth-order valence-electron chi connectivity index (χ4n) is 2.12. The van der Waals surface area contributed by atoms with Crippen LogP contribution in [0.4, 0.5) is 5.69 Å². The summed E-state index contributed by atoms with van der Waals surface area (Å²) >= 11 is 1.38. The van der Waals surface area contributed by atoms with Crippen molar-refractivity contribution in [3.63, 3.8) is 0 Å². The Morgan fingerprint density at radius 1 is 1.41 bits per heavy atom. The molecule has 7 heteroatoms. The van der Waals surface area contributed by atoms with Crippen LogP contribution >= 0.6 is 11.8 Å². The van der Waals surface area contributed by atoms with E-state index in [1.54, 1.807) is 11.0 Å². The van der Waals surface area contributed by atoms with Crippen molar-refractivity contribution in [2.45, 2.75) is 24.0 Å². The van der Waals surface area contributed by atoms with Gasteiger partial charge in [0.05, 0.1) is 11.8 Å². The number of hydrogen-bond donors (Lipinski definition) is 0. The number of hydrogen-bond acceptors (Lipinski definition) is 5. The lowest BCUT2D eigenvalue weighted by Gasteiger charge is -2.20. The summed E-state index contributed by atoms with van der Waals surface area (Å²) in [6.07, 6.45) is 3.95. The van der Waals surface area contributed by atoms with Gasteiger partial charge in [0.25, 0.3) is 0 Å². The number of benzene rings is 1. The zero-order chi connectivity index (χ0) is 15.4. The monoisotopic (exact) mass is 315 g/mol. The molecule has 0 unspecified atom stereocenters. The van der Waals surface area contributed by atoms with Gasteiger partial charge in [0, 0.05) is 12.2 Å². The summed E-state index contributed by atoms with van der Waals surface area (Å²) in [5.74, 6) is 0.317. The van der Waals surface area contributed by atoms with Crippen molar-refractivity contribution >= 4 is 23.4 Å². The molecule has 22 heavy (non-hydrogen) atoms. The van der Waals surface area contributed by atoms with E-state index in [1.807, 2.05) is 35.0 Å². The summed E-state index contributed by atoms with van der Waals surface area (Å²) in [5.41, 5.74) is 0.870. The Bertz CT molecular complexity index is 653. The van der Waals surface area contributed by atoms with Gasteiger partial charge in [-0.25, -0.2) is 4.68 Å². The summed E-state index contributed by atoms with van der Waals surface area (Å²) in [6.45, 7) is 4.21. The summed E-state index contributed by atoms with van der Waals surface area (Å²) in [7, 11) is 0. The highest BCUT2D eigenvalue weighted by atomic mass is 32.2. The molecule has 1 aliphatic carbocycles. The lowest BCUT2D eigenvalue weighted by atomic mass is 10.3. The molecule has 1 saturated carbocycles. The second-order valence-corrected chi connectivity index (χ2v) is 6.00. The molecule has 0 radical (unpaired) electrons. The van der Waals surface area contributed by atoms with Crippen molar-refractivity contribution in [2.75, 3.05) is 17.2 Å². The highest BCUT2D eigenvalue weighted by Crippen LogP contribution is 2.36. The molecule has 0 N–H and O–H groups in total. The SMILES string of the molecule is C=CCN(C(=O)CSc1nnnn1C1CC1)c1ccccc1. The smallest absolute Gasteiger partial charge is 0.237 e. The molecule has 0 atom stereocenters. The predicted molar refractivity (Wildman–Crippen MR) is 85.8 cm³/mol. The van der Waals surface area contributed by atoms with Gasteiger partial charge in [-0.15, -0.1) is 11.7 Å². The molecule has 0 spiro atoms. The average Bonchev–Trinajstić information content (AvgIpc) is 3.29. The van der Waals surface area contributed by atoms with Crippen LogP contribution in [0, 0.1) is 0 Å². The standard InChI is InChI=1S/C15H17N5OS/c1-2-10-19(12-6-4-3-5-7-12)14(21)11-22-15-16-17-18-20(15)13-8-9-13/h2-7,13H,1,8-11H2. The lowest BCUT2D eigenvalue weighted by molar-refractivity contribution is -0.116. The van der Waals surface area contributed by atoms with Crippen LogP contribution in [0.5, 0.6) is 0 Å². The maximum absolute atomic E-state index is 12.5. The molecule has 0 saturated heterocycles. The normalized spacial score (nSPS) is 13.8. The van der Waals surface area contributed by atoms with Crippen LogP contribution < -0.4 is 4.90 Å². The number of thioether (sulfide) groups is 1. The zero-order valence-electron chi connectivity index (χ0n) is 12.1. The minimum atomic E-state index is 0.0152. The van der Waals surface area contributed by atoms with E-state index in [9.17, 15) is 4.79 Å². The van der Waals surface area contributed by atoms with Crippen LogP contribution in [0.15, 0.2) is 48.1 Å². The Kier molecular flexibility index (Phi) is 4.53. The van der Waals surface area contributed by atoms with Crippen LogP contribution in [-0.4, -0.2) is 38.4 Å². The third kappa shape index (κ3) is 3.36. The van der Waals surface area contributed by atoms with Gasteiger partial charge in [-0.2, -0.15) is 0 Å². The fraction of sp³-hybridized carbons (Fsp3) is 0.333. The van der Waals surface area contributed by atoms with Crippen LogP contribution in [0.25, 0.3) is 0 Å². The topological polar surface area (TPSA) is 63.9 Å². The molecule has 114 valence electrons. The van der Waals surface area contributed by atoms with E-state index in [4.69, 9.17) is 0 Å². The molecular weight excluding hydrogens is 298 g/mol. The van der Waals surface area contributed by atoms with E-state index in [0.29, 0.717) is 23.5 Å². The highest BCUT2D eigenvalue weighted by molar-refractivity contribution is 7.99. The van der Waals surface area contributed by atoms with Gasteiger partial charge in [-0.3, -0.25) is 4.79 Å². The summed E-state index contributed by atoms with van der Waals surface area (Å²) in [5, 5.41) is 12.4. The number of carbonyl (C=O) groups is 1. The van der Waals surface area contributed by atoms with Crippen molar-refractivity contribution in [1.82, 2.24) is 20.2 Å². The maximum atomic E-state index is 12.5. The molecule has 2 aromatic rings. The van der Waals surface area contributed by atoms with Gasteiger partial charge < -0.3 is 4.90 Å². The number of nitrogens with zero attached hydrogens (tertiary/aromatic N) is 5. The molecule has 0 aliphatic heterocycles. The molecule has 1 aromatic heterocycles. The number of aromatic nitrogens is 4. The number of para-hydroxylation sites is 1. The fourth-order valence-corrected chi connectivity index (χ4v) is 2.94. The summed E-state index contributed by atoms with van der Waals surface area (Å²) in [4.78, 5) is 14.2. The van der Waals surface area contributed by atoms with Gasteiger partial charge in [0.2, 0.25) is 11.1 Å². The van der Waals surface area contributed by atoms with Gasteiger partial charge in [0.1, 0.15) is 0 Å². The minimum absolute atomic E-state index is 0.0152. The number of rotatable bonds is 7. The number of tetrazole rings is 1. The van der Waals surface area contributed by atoms with E-state index >= 15 is 0 Å². The Labute approximate surface area is 133 Å². The Morgan fingerprint density at radius 3 is 2.86 bits per heavy atom. The van der Waals surface area contributed by atoms with Crippen molar-refractivity contribution < 1.29 is 4.79 Å². The number of carbonyl (C=O) groups excluding carboxylic acids is 1. The zero-order valence-corrected chi connectivity index (χ0v) is 12.9. The molecule has 0 bridgehead atoms. The Morgan fingerprint density at radius 2 is 2.18 bits per heavy atom. The van der Waals surface area contributed by atoms with E-state index in [2.05, 4.69) is 22.1 Å². The Balaban J connectivity index is 1.66. The van der Waals surface area contributed by atoms with E-state index in [0.717, 1.165) is 18.5 Å². The highest BCUT2D eigenvalue weighted by Gasteiger charge is 2.28. The van der Waals surface area contributed by atoms with Gasteiger partial charge in [-0.05, 0) is 35.4 Å². The van der Waals surface area contributed by atoms with E-state index in [-0.39, 0.29) is 5.91 Å². The van der Waals surface area contributed by atoms with Crippen molar-refractivity contribution in [3.8, 4) is 0 Å². The van der Waals surface area contributed by atoms with Crippen molar-refractivity contribution in [2.24, 2.45) is 0 Å². The molecule has 6 nitrogen and oxygen atoms in total. The summed E-state index contributed by atoms with van der Waals surface area (Å²) < 4.78 is 1.82. The Hall–Kier alpha value is -2.15. The third-order valence-corrected chi connectivity index (χ3v) is 4.28. The molecule has 3 rings (SSSR count). The molecular formula is C15H17N5OS. The van der Waals surface area contributed by atoms with Crippen molar-refractivity contribution in [3.05, 3.63) is 43.0 Å². The van der Waals surface area contributed by atoms with Gasteiger partial charge in [0.15, 0.2) is 0 Å². The van der Waals surface area contributed by atoms with Gasteiger partial charge in [-0.1, -0.05) is 36.0 Å². The first-order chi connectivity index (χ1) is 10.8. The second kappa shape index (κ2) is 6.74. The first-order valence-electron chi connectivity index (χ1n) is 7.16. The molecule has 1 aromatic carbocycles. The van der Waals surface area contributed by atoms with Gasteiger partial charge >= 0.3 is 0 Å². The third-order valence-electron chi connectivity index (χ3n) is 3.36. The largest absolute Gasteiger partial charge is 0.308 e. The lowest BCUT2D eigenvalue weighted by Crippen LogP contribution is -2.32. The number of anilines is 1. The van der Waals surface area contributed by atoms with Crippen molar-refractivity contribution in [1.29, 1.82) is 0 Å². The number of amides is 1. The second-order valence-electron chi connectivity index (χ2n) is 5.05. The molecule has 1 aliphatic rings. The van der Waals surface area contributed by atoms with Crippen LogP contribution in [0.2, 0.25) is 0 Å². The molecule has 1 amide bonds. The summed E-state index contributed by atoms with van der Waals surface area (Å²) in [6, 6.07) is 10.0.